The fraction of sp³-hybridized carbons (Fsp3) is 0. The lowest BCUT2D eigenvalue weighted by Crippen LogP contribution is -2.14. The number of nitrogens with zero attached hydrogens (tertiary/aromatic N) is 1. The summed E-state index contributed by atoms with van der Waals surface area (Å²) in [5.74, 6) is 0.761. The van der Waals surface area contributed by atoms with Crippen molar-refractivity contribution in [2.45, 2.75) is 0 Å². The lowest BCUT2D eigenvalue weighted by atomic mass is 10.0. The maximum atomic E-state index is 6.02. The Bertz CT molecular complexity index is 1100. The third kappa shape index (κ3) is 4.66. The van der Waals surface area contributed by atoms with Gasteiger partial charge in [0.25, 0.3) is 0 Å². The Morgan fingerprint density at radius 1 is 0.679 bits per heavy atom. The molecule has 0 bridgehead atoms. The first-order chi connectivity index (χ1) is 13.2. The van der Waals surface area contributed by atoms with E-state index < -0.39 is 0 Å². The molecule has 4 aromatic rings. The van der Waals surface area contributed by atoms with Crippen molar-refractivity contribution >= 4 is 63.6 Å². The fourth-order valence-electron chi connectivity index (χ4n) is 2.90. The van der Waals surface area contributed by atoms with Crippen LogP contribution in [0.5, 0.6) is 0 Å². The molecule has 0 atom stereocenters. The molecular formula is C23H17Cl3N2. The van der Waals surface area contributed by atoms with Gasteiger partial charge in [-0.15, -0.1) is 12.4 Å². The molecule has 0 aromatic heterocycles. The van der Waals surface area contributed by atoms with Crippen LogP contribution in [0.2, 0.25) is 10.0 Å². The highest BCUT2D eigenvalue weighted by molar-refractivity contribution is 6.31. The van der Waals surface area contributed by atoms with Crippen molar-refractivity contribution in [2.24, 2.45) is 4.99 Å². The van der Waals surface area contributed by atoms with E-state index in [4.69, 9.17) is 28.2 Å². The normalized spacial score (nSPS) is 11.1. The average Bonchev–Trinajstić information content (AvgIpc) is 2.70. The van der Waals surface area contributed by atoms with Crippen LogP contribution in [0.25, 0.3) is 10.8 Å². The van der Waals surface area contributed by atoms with Crippen LogP contribution in [0.15, 0.2) is 96.0 Å². The number of amidine groups is 1. The molecule has 0 aliphatic carbocycles. The number of rotatable bonds is 3. The summed E-state index contributed by atoms with van der Waals surface area (Å²) in [6, 6.07) is 29.5. The molecular weight excluding hydrogens is 411 g/mol. The molecule has 0 fully saturated rings. The van der Waals surface area contributed by atoms with Crippen molar-refractivity contribution in [1.82, 2.24) is 0 Å². The SMILES string of the molecule is Cl.Clc1ccc(N=C(Nc2ccc(Cl)cc2)c2cccc3ccccc23)cc1. The molecule has 2 nitrogen and oxygen atoms in total. The number of fused-ring (bicyclic) bond motifs is 1. The zero-order valence-corrected chi connectivity index (χ0v) is 17.1. The average molecular weight is 428 g/mol. The van der Waals surface area contributed by atoms with E-state index in [1.807, 2.05) is 66.7 Å². The molecule has 0 aliphatic rings. The van der Waals surface area contributed by atoms with Gasteiger partial charge in [-0.05, 0) is 59.3 Å². The number of aliphatic imine (C=N–C) groups is 1. The van der Waals surface area contributed by atoms with Crippen molar-refractivity contribution in [3.63, 3.8) is 0 Å². The van der Waals surface area contributed by atoms with Gasteiger partial charge in [0.15, 0.2) is 0 Å². The fourth-order valence-corrected chi connectivity index (χ4v) is 3.15. The molecule has 28 heavy (non-hydrogen) atoms. The van der Waals surface area contributed by atoms with Crippen molar-refractivity contribution < 1.29 is 0 Å². The van der Waals surface area contributed by atoms with E-state index in [1.165, 1.54) is 0 Å². The van der Waals surface area contributed by atoms with Gasteiger partial charge in [0.1, 0.15) is 5.84 Å². The Morgan fingerprint density at radius 3 is 2.00 bits per heavy atom. The van der Waals surface area contributed by atoms with Crippen molar-refractivity contribution in [3.05, 3.63) is 107 Å². The third-order valence-electron chi connectivity index (χ3n) is 4.22. The lowest BCUT2D eigenvalue weighted by Gasteiger charge is -2.13. The summed E-state index contributed by atoms with van der Waals surface area (Å²) in [5.41, 5.74) is 2.77. The number of anilines is 1. The Balaban J connectivity index is 0.00000225. The smallest absolute Gasteiger partial charge is 0.138 e. The summed E-state index contributed by atoms with van der Waals surface area (Å²) in [6.07, 6.45) is 0. The minimum Gasteiger partial charge on any atom is -0.340 e. The molecule has 0 amide bonds. The van der Waals surface area contributed by atoms with Gasteiger partial charge < -0.3 is 5.32 Å². The van der Waals surface area contributed by atoms with E-state index in [0.29, 0.717) is 10.0 Å². The Hall–Kier alpha value is -2.52. The van der Waals surface area contributed by atoms with E-state index >= 15 is 0 Å². The molecule has 140 valence electrons. The van der Waals surface area contributed by atoms with Gasteiger partial charge >= 0.3 is 0 Å². The summed E-state index contributed by atoms with van der Waals surface area (Å²) in [5, 5.41) is 7.12. The van der Waals surface area contributed by atoms with Crippen LogP contribution >= 0.6 is 35.6 Å². The van der Waals surface area contributed by atoms with Crippen LogP contribution < -0.4 is 5.32 Å². The van der Waals surface area contributed by atoms with Crippen LogP contribution in [-0.4, -0.2) is 5.84 Å². The summed E-state index contributed by atoms with van der Waals surface area (Å²) in [7, 11) is 0. The summed E-state index contributed by atoms with van der Waals surface area (Å²) >= 11 is 12.0. The molecule has 4 rings (SSSR count). The van der Waals surface area contributed by atoms with Crippen LogP contribution in [0.4, 0.5) is 11.4 Å². The topological polar surface area (TPSA) is 24.4 Å². The van der Waals surface area contributed by atoms with Gasteiger partial charge in [0.2, 0.25) is 0 Å². The monoisotopic (exact) mass is 426 g/mol. The highest BCUT2D eigenvalue weighted by Crippen LogP contribution is 2.24. The van der Waals surface area contributed by atoms with Gasteiger partial charge in [0.05, 0.1) is 5.69 Å². The molecule has 0 unspecified atom stereocenters. The first-order valence-corrected chi connectivity index (χ1v) is 9.30. The number of halogens is 3. The Kier molecular flexibility index (Phi) is 6.58. The van der Waals surface area contributed by atoms with E-state index in [2.05, 4.69) is 29.6 Å². The molecule has 4 aromatic carbocycles. The summed E-state index contributed by atoms with van der Waals surface area (Å²) in [6.45, 7) is 0. The van der Waals surface area contributed by atoms with Gasteiger partial charge in [-0.1, -0.05) is 65.7 Å². The molecule has 0 aliphatic heterocycles. The van der Waals surface area contributed by atoms with E-state index in [9.17, 15) is 0 Å². The van der Waals surface area contributed by atoms with Gasteiger partial charge in [0, 0.05) is 21.3 Å². The maximum absolute atomic E-state index is 6.02. The standard InChI is InChI=1S/C23H16Cl2N2.ClH/c24-17-8-12-19(13-9-17)26-23(27-20-14-10-18(25)11-15-20)22-7-3-5-16-4-1-2-6-21(16)22;/h1-15H,(H,26,27);1H. The molecule has 0 saturated heterocycles. The zero-order valence-electron chi connectivity index (χ0n) is 14.8. The highest BCUT2D eigenvalue weighted by atomic mass is 35.5. The second kappa shape index (κ2) is 9.11. The highest BCUT2D eigenvalue weighted by Gasteiger charge is 2.09. The first kappa shape index (κ1) is 20.2. The lowest BCUT2D eigenvalue weighted by molar-refractivity contribution is 1.47. The largest absolute Gasteiger partial charge is 0.340 e. The molecule has 0 heterocycles. The van der Waals surface area contributed by atoms with E-state index in [1.54, 1.807) is 0 Å². The number of benzene rings is 4. The van der Waals surface area contributed by atoms with Crippen LogP contribution in [0, 0.1) is 0 Å². The predicted molar refractivity (Wildman–Crippen MR) is 124 cm³/mol. The number of hydrogen-bond acceptors (Lipinski definition) is 1. The second-order valence-electron chi connectivity index (χ2n) is 6.10. The van der Waals surface area contributed by atoms with Crippen molar-refractivity contribution in [2.75, 3.05) is 5.32 Å². The maximum Gasteiger partial charge on any atom is 0.138 e. The predicted octanol–water partition coefficient (Wildman–Crippen LogP) is 7.76. The van der Waals surface area contributed by atoms with Crippen LogP contribution in [0.3, 0.4) is 0 Å². The van der Waals surface area contributed by atoms with Crippen molar-refractivity contribution in [1.29, 1.82) is 0 Å². The van der Waals surface area contributed by atoms with Crippen LogP contribution in [0.1, 0.15) is 5.56 Å². The molecule has 0 spiro atoms. The van der Waals surface area contributed by atoms with Gasteiger partial charge in [-0.2, -0.15) is 0 Å². The van der Waals surface area contributed by atoms with E-state index in [-0.39, 0.29) is 12.4 Å². The number of nitrogens with one attached hydrogen (secondary N) is 1. The first-order valence-electron chi connectivity index (χ1n) is 8.54. The quantitative estimate of drug-likeness (QED) is 0.262. The van der Waals surface area contributed by atoms with E-state index in [0.717, 1.165) is 33.5 Å². The Labute approximate surface area is 180 Å². The van der Waals surface area contributed by atoms with Gasteiger partial charge in [-0.25, -0.2) is 4.99 Å². The van der Waals surface area contributed by atoms with Crippen molar-refractivity contribution in [3.8, 4) is 0 Å². The molecule has 1 N–H and O–H groups in total. The third-order valence-corrected chi connectivity index (χ3v) is 4.72. The molecule has 0 radical (unpaired) electrons. The minimum atomic E-state index is 0. The minimum absolute atomic E-state index is 0. The second-order valence-corrected chi connectivity index (χ2v) is 6.97. The summed E-state index contributed by atoms with van der Waals surface area (Å²) in [4.78, 5) is 4.85. The number of hydrogen-bond donors (Lipinski definition) is 1. The van der Waals surface area contributed by atoms with Crippen LogP contribution in [-0.2, 0) is 0 Å². The zero-order chi connectivity index (χ0) is 18.6. The van der Waals surface area contributed by atoms with Gasteiger partial charge in [-0.3, -0.25) is 0 Å². The Morgan fingerprint density at radius 2 is 1.29 bits per heavy atom. The summed E-state index contributed by atoms with van der Waals surface area (Å²) < 4.78 is 0. The molecule has 0 saturated carbocycles. The molecule has 5 heteroatoms.